The van der Waals surface area contributed by atoms with Gasteiger partial charge in [0.1, 0.15) is 0 Å². The Morgan fingerprint density at radius 3 is 2.20 bits per heavy atom. The van der Waals surface area contributed by atoms with Gasteiger partial charge in [-0.05, 0) is 36.7 Å². The first-order valence-corrected chi connectivity index (χ1v) is 6.03. The van der Waals surface area contributed by atoms with Gasteiger partial charge in [0, 0.05) is 11.0 Å². The van der Waals surface area contributed by atoms with Gasteiger partial charge in [-0.1, -0.05) is 48.8 Å². The molecule has 15 heavy (non-hydrogen) atoms. The van der Waals surface area contributed by atoms with Crippen LogP contribution in [0.1, 0.15) is 31.9 Å². The third-order valence-corrected chi connectivity index (χ3v) is 3.14. The topological polar surface area (TPSA) is 3.24 Å². The quantitative estimate of drug-likeness (QED) is 0.790. The van der Waals surface area contributed by atoms with Gasteiger partial charge in [-0.3, -0.25) is 0 Å². The van der Waals surface area contributed by atoms with Crippen LogP contribution < -0.4 is 0 Å². The number of hydrogen-bond acceptors (Lipinski definition) is 1. The highest BCUT2D eigenvalue weighted by molar-refractivity contribution is 9.10. The van der Waals surface area contributed by atoms with E-state index in [-0.39, 0.29) is 5.41 Å². The van der Waals surface area contributed by atoms with Crippen molar-refractivity contribution in [3.05, 3.63) is 33.8 Å². The van der Waals surface area contributed by atoms with Crippen molar-refractivity contribution >= 4 is 15.9 Å². The fourth-order valence-electron chi connectivity index (χ4n) is 1.48. The molecule has 1 aromatic rings. The molecule has 0 bridgehead atoms. The molecule has 0 amide bonds. The molecule has 0 atom stereocenters. The summed E-state index contributed by atoms with van der Waals surface area (Å²) in [6, 6.07) is 6.67. The summed E-state index contributed by atoms with van der Waals surface area (Å²) in [7, 11) is 4.17. The van der Waals surface area contributed by atoms with Crippen molar-refractivity contribution < 1.29 is 0 Å². The Bertz CT molecular complexity index is 337. The zero-order valence-electron chi connectivity index (χ0n) is 10.3. The minimum atomic E-state index is 0.221. The van der Waals surface area contributed by atoms with Crippen molar-refractivity contribution in [2.45, 2.75) is 32.7 Å². The largest absolute Gasteiger partial charge is 0.305 e. The molecule has 0 saturated heterocycles. The highest BCUT2D eigenvalue weighted by Gasteiger charge is 2.14. The summed E-state index contributed by atoms with van der Waals surface area (Å²) in [6.07, 6.45) is 0. The van der Waals surface area contributed by atoms with Crippen LogP contribution in [0.15, 0.2) is 22.7 Å². The molecule has 0 saturated carbocycles. The smallest absolute Gasteiger partial charge is 0.0238 e. The van der Waals surface area contributed by atoms with E-state index in [1.54, 1.807) is 0 Å². The third kappa shape index (κ3) is 3.62. The predicted molar refractivity (Wildman–Crippen MR) is 70.2 cm³/mol. The molecule has 2 heteroatoms. The summed E-state index contributed by atoms with van der Waals surface area (Å²) in [5.41, 5.74) is 2.93. The molecule has 0 aliphatic rings. The zero-order valence-corrected chi connectivity index (χ0v) is 11.9. The van der Waals surface area contributed by atoms with E-state index in [4.69, 9.17) is 0 Å². The first-order chi connectivity index (χ1) is 6.80. The first-order valence-electron chi connectivity index (χ1n) is 5.24. The number of nitrogens with zero attached hydrogens (tertiary/aromatic N) is 1. The van der Waals surface area contributed by atoms with Crippen LogP contribution in [-0.4, -0.2) is 19.0 Å². The molecule has 0 fully saturated rings. The summed E-state index contributed by atoms with van der Waals surface area (Å²) in [5.74, 6) is 0. The number of rotatable bonds is 2. The highest BCUT2D eigenvalue weighted by Crippen LogP contribution is 2.27. The van der Waals surface area contributed by atoms with Gasteiger partial charge in [-0.15, -0.1) is 0 Å². The van der Waals surface area contributed by atoms with Gasteiger partial charge in [0.05, 0.1) is 0 Å². The van der Waals surface area contributed by atoms with Crippen LogP contribution >= 0.6 is 15.9 Å². The van der Waals surface area contributed by atoms with E-state index < -0.39 is 0 Å². The Morgan fingerprint density at radius 2 is 1.80 bits per heavy atom. The monoisotopic (exact) mass is 269 g/mol. The van der Waals surface area contributed by atoms with Crippen molar-refractivity contribution in [3.63, 3.8) is 0 Å². The van der Waals surface area contributed by atoms with Crippen molar-refractivity contribution in [3.8, 4) is 0 Å². The third-order valence-electron chi connectivity index (χ3n) is 2.41. The Hall–Kier alpha value is -0.340. The second-order valence-electron chi connectivity index (χ2n) is 5.29. The molecular weight excluding hydrogens is 250 g/mol. The molecule has 1 nitrogen and oxygen atoms in total. The first kappa shape index (κ1) is 12.7. The molecule has 0 aromatic heterocycles. The van der Waals surface area contributed by atoms with Crippen LogP contribution in [0.25, 0.3) is 0 Å². The van der Waals surface area contributed by atoms with Crippen molar-refractivity contribution in [1.82, 2.24) is 4.90 Å². The van der Waals surface area contributed by atoms with E-state index in [0.29, 0.717) is 0 Å². The van der Waals surface area contributed by atoms with Gasteiger partial charge in [0.15, 0.2) is 0 Å². The number of hydrogen-bond donors (Lipinski definition) is 0. The van der Waals surface area contributed by atoms with Gasteiger partial charge >= 0.3 is 0 Å². The Labute approximate surface area is 102 Å². The van der Waals surface area contributed by atoms with Gasteiger partial charge < -0.3 is 4.90 Å². The zero-order chi connectivity index (χ0) is 11.6. The molecule has 0 heterocycles. The lowest BCUT2D eigenvalue weighted by molar-refractivity contribution is 0.401. The van der Waals surface area contributed by atoms with E-state index in [9.17, 15) is 0 Å². The van der Waals surface area contributed by atoms with E-state index in [0.717, 1.165) is 6.54 Å². The van der Waals surface area contributed by atoms with Crippen molar-refractivity contribution in [1.29, 1.82) is 0 Å². The maximum absolute atomic E-state index is 3.64. The Balaban J connectivity index is 2.98. The molecular formula is C13H20BrN. The van der Waals surface area contributed by atoms with Crippen LogP contribution in [0, 0.1) is 0 Å². The summed E-state index contributed by atoms with van der Waals surface area (Å²) < 4.78 is 1.21. The highest BCUT2D eigenvalue weighted by atomic mass is 79.9. The van der Waals surface area contributed by atoms with Crippen LogP contribution in [0.3, 0.4) is 0 Å². The standard InChI is InChI=1S/C13H20BrN/c1-13(2,3)11-7-6-10(9-15(4)5)12(14)8-11/h6-8H,9H2,1-5H3. The normalized spacial score (nSPS) is 12.2. The van der Waals surface area contributed by atoms with Crippen LogP contribution in [-0.2, 0) is 12.0 Å². The number of halogens is 1. The molecule has 0 radical (unpaired) electrons. The second-order valence-corrected chi connectivity index (χ2v) is 6.15. The fourth-order valence-corrected chi connectivity index (χ4v) is 1.99. The minimum absolute atomic E-state index is 0.221. The predicted octanol–water partition coefficient (Wildman–Crippen LogP) is 3.81. The molecule has 0 aliphatic heterocycles. The maximum atomic E-state index is 3.64. The van der Waals surface area contributed by atoms with Gasteiger partial charge in [-0.25, -0.2) is 0 Å². The fraction of sp³-hybridized carbons (Fsp3) is 0.538. The lowest BCUT2D eigenvalue weighted by Crippen LogP contribution is -2.13. The van der Waals surface area contributed by atoms with E-state index in [1.807, 2.05) is 0 Å². The van der Waals surface area contributed by atoms with Gasteiger partial charge in [-0.2, -0.15) is 0 Å². The van der Waals surface area contributed by atoms with Crippen molar-refractivity contribution in [2.75, 3.05) is 14.1 Å². The molecule has 0 N–H and O–H groups in total. The van der Waals surface area contributed by atoms with Crippen LogP contribution in [0.4, 0.5) is 0 Å². The average Bonchev–Trinajstić information content (AvgIpc) is 2.05. The molecule has 1 aromatic carbocycles. The molecule has 1 rings (SSSR count). The summed E-state index contributed by atoms with van der Waals surface area (Å²) in [6.45, 7) is 7.69. The Morgan fingerprint density at radius 1 is 1.20 bits per heavy atom. The SMILES string of the molecule is CN(C)Cc1ccc(C(C)(C)C)cc1Br. The molecule has 0 unspecified atom stereocenters. The van der Waals surface area contributed by atoms with E-state index in [1.165, 1.54) is 15.6 Å². The van der Waals surface area contributed by atoms with E-state index >= 15 is 0 Å². The summed E-state index contributed by atoms with van der Waals surface area (Å²) in [4.78, 5) is 2.18. The molecule has 0 spiro atoms. The minimum Gasteiger partial charge on any atom is -0.305 e. The average molecular weight is 270 g/mol. The lowest BCUT2D eigenvalue weighted by atomic mass is 9.87. The second kappa shape index (κ2) is 4.67. The lowest BCUT2D eigenvalue weighted by Gasteiger charge is -2.21. The molecule has 84 valence electrons. The maximum Gasteiger partial charge on any atom is 0.0238 e. The summed E-state index contributed by atoms with van der Waals surface area (Å²) in [5, 5.41) is 0. The van der Waals surface area contributed by atoms with Gasteiger partial charge in [0.2, 0.25) is 0 Å². The van der Waals surface area contributed by atoms with E-state index in [2.05, 4.69) is 73.9 Å². The van der Waals surface area contributed by atoms with Crippen LogP contribution in [0.5, 0.6) is 0 Å². The van der Waals surface area contributed by atoms with Gasteiger partial charge in [0.25, 0.3) is 0 Å². The molecule has 0 aliphatic carbocycles. The van der Waals surface area contributed by atoms with Crippen molar-refractivity contribution in [2.24, 2.45) is 0 Å². The summed E-state index contributed by atoms with van der Waals surface area (Å²) >= 11 is 3.64. The Kier molecular flexibility index (Phi) is 3.96. The van der Waals surface area contributed by atoms with Crippen LogP contribution in [0.2, 0.25) is 0 Å². The number of benzene rings is 1.